The predicted molar refractivity (Wildman–Crippen MR) is 91.4 cm³/mol. The van der Waals surface area contributed by atoms with Crippen molar-refractivity contribution in [1.82, 2.24) is 0 Å². The van der Waals surface area contributed by atoms with Gasteiger partial charge in [-0.2, -0.15) is 0 Å². The average molecular weight is 378 g/mol. The van der Waals surface area contributed by atoms with Crippen LogP contribution in [0.3, 0.4) is 0 Å². The zero-order valence-corrected chi connectivity index (χ0v) is 15.4. The molecule has 1 aromatic heterocycles. The lowest BCUT2D eigenvalue weighted by Gasteiger charge is -2.74. The number of hydrogen-bond acceptors (Lipinski definition) is 7. The maximum atomic E-state index is 13.3. The lowest BCUT2D eigenvalue weighted by molar-refractivity contribution is -0.418. The lowest BCUT2D eigenvalue weighted by atomic mass is 9.37. The summed E-state index contributed by atoms with van der Waals surface area (Å²) in [7, 11) is 0. The van der Waals surface area contributed by atoms with E-state index >= 15 is 0 Å². The molecule has 0 radical (unpaired) electrons. The van der Waals surface area contributed by atoms with Gasteiger partial charge in [0, 0.05) is 12.0 Å². The van der Waals surface area contributed by atoms with E-state index in [9.17, 15) is 20.1 Å². The Bertz CT molecular complexity index is 758. The molecule has 2 aliphatic carbocycles. The first-order chi connectivity index (χ1) is 12.9. The zero-order valence-electron chi connectivity index (χ0n) is 15.4. The summed E-state index contributed by atoms with van der Waals surface area (Å²) in [4.78, 5) is 13.3. The van der Waals surface area contributed by atoms with Gasteiger partial charge in [0.05, 0.1) is 42.9 Å². The van der Waals surface area contributed by atoms with Gasteiger partial charge in [0.2, 0.25) is 0 Å². The van der Waals surface area contributed by atoms with E-state index in [1.165, 1.54) is 6.26 Å². The van der Waals surface area contributed by atoms with Crippen LogP contribution in [-0.4, -0.2) is 51.8 Å². The van der Waals surface area contributed by atoms with Gasteiger partial charge in [-0.1, -0.05) is 6.92 Å². The quantitative estimate of drug-likeness (QED) is 0.666. The van der Waals surface area contributed by atoms with Crippen LogP contribution in [0.1, 0.15) is 50.7 Å². The number of fused-ring (bicyclic) bond motifs is 1. The largest absolute Gasteiger partial charge is 0.472 e. The van der Waals surface area contributed by atoms with Crippen molar-refractivity contribution in [3.63, 3.8) is 0 Å². The number of cyclic esters (lactones) is 1. The second-order valence-electron chi connectivity index (χ2n) is 8.90. The number of carbonyl (C=O) groups is 1. The molecule has 3 heterocycles. The van der Waals surface area contributed by atoms with Gasteiger partial charge in [-0.3, -0.25) is 4.79 Å². The number of carbonyl (C=O) groups excluding carboxylic acids is 1. The minimum Gasteiger partial charge on any atom is -0.472 e. The van der Waals surface area contributed by atoms with Gasteiger partial charge >= 0.3 is 5.97 Å². The fourth-order valence-electron chi connectivity index (χ4n) is 6.82. The number of rotatable bonds is 2. The molecule has 0 amide bonds. The average Bonchev–Trinajstić information content (AvgIpc) is 3.24. The summed E-state index contributed by atoms with van der Waals surface area (Å²) in [6.45, 7) is 1.77. The number of furan rings is 1. The topological polar surface area (TPSA) is 109 Å². The first-order valence-electron chi connectivity index (χ1n) is 9.75. The summed E-state index contributed by atoms with van der Waals surface area (Å²) in [5.74, 6) is -0.682. The van der Waals surface area contributed by atoms with E-state index in [4.69, 9.17) is 13.9 Å². The van der Waals surface area contributed by atoms with E-state index in [0.717, 1.165) is 5.56 Å². The molecular formula is C20H26O7. The fraction of sp³-hybridized carbons (Fsp3) is 0.750. The molecule has 7 nitrogen and oxygen atoms in total. The smallest absolute Gasteiger partial charge is 0.316 e. The third-order valence-corrected chi connectivity index (χ3v) is 8.26. The lowest BCUT2D eigenvalue weighted by Crippen LogP contribution is -2.86. The van der Waals surface area contributed by atoms with Crippen LogP contribution in [0.4, 0.5) is 0 Å². The van der Waals surface area contributed by atoms with Crippen molar-refractivity contribution in [2.75, 3.05) is 13.2 Å². The standard InChI is InChI=1S/C20H26O7/c1-12-7-15(22)19-11-26-17(19,10-21)4-2-5-20(19,24)18(12)8-14(27-16(18)23)13-3-6-25-9-13/h3,6,9,12,14-15,21-22,24H,2,4-5,7-8,10-11H2,1H3. The van der Waals surface area contributed by atoms with Crippen LogP contribution in [0.25, 0.3) is 0 Å². The molecule has 7 unspecified atom stereocenters. The van der Waals surface area contributed by atoms with Crippen LogP contribution in [-0.2, 0) is 14.3 Å². The van der Waals surface area contributed by atoms with Crippen LogP contribution in [0.5, 0.6) is 0 Å². The van der Waals surface area contributed by atoms with E-state index in [1.807, 2.05) is 6.92 Å². The highest BCUT2D eigenvalue weighted by atomic mass is 16.6. The van der Waals surface area contributed by atoms with E-state index < -0.39 is 40.2 Å². The highest BCUT2D eigenvalue weighted by molar-refractivity contribution is 5.82. The van der Waals surface area contributed by atoms with Crippen LogP contribution < -0.4 is 0 Å². The van der Waals surface area contributed by atoms with Gasteiger partial charge in [0.1, 0.15) is 17.1 Å². The van der Waals surface area contributed by atoms with Crippen molar-refractivity contribution in [3.8, 4) is 0 Å². The SMILES string of the molecule is CC1CC(O)C23COC2(CO)CCCC3(O)C12CC(c1ccoc1)OC2=O. The van der Waals surface area contributed by atoms with Crippen molar-refractivity contribution in [1.29, 1.82) is 0 Å². The number of aliphatic hydroxyl groups is 3. The molecule has 4 fully saturated rings. The van der Waals surface area contributed by atoms with E-state index in [-0.39, 0.29) is 19.1 Å². The number of hydrogen-bond donors (Lipinski definition) is 3. The molecule has 0 bridgehead atoms. The van der Waals surface area contributed by atoms with Crippen molar-refractivity contribution in [2.24, 2.45) is 16.7 Å². The Morgan fingerprint density at radius 3 is 2.78 bits per heavy atom. The Kier molecular flexibility index (Phi) is 3.50. The maximum Gasteiger partial charge on any atom is 0.316 e. The van der Waals surface area contributed by atoms with Crippen LogP contribution in [0.15, 0.2) is 23.0 Å². The molecule has 148 valence electrons. The number of ether oxygens (including phenoxy) is 2. The molecule has 2 saturated heterocycles. The third kappa shape index (κ3) is 1.71. The highest BCUT2D eigenvalue weighted by Crippen LogP contribution is 2.73. The Balaban J connectivity index is 1.65. The predicted octanol–water partition coefficient (Wildman–Crippen LogP) is 1.32. The van der Waals surface area contributed by atoms with E-state index in [0.29, 0.717) is 32.1 Å². The molecule has 7 heteroatoms. The highest BCUT2D eigenvalue weighted by Gasteiger charge is 2.84. The van der Waals surface area contributed by atoms with Gasteiger partial charge in [0.25, 0.3) is 0 Å². The van der Waals surface area contributed by atoms with Crippen LogP contribution >= 0.6 is 0 Å². The molecule has 2 saturated carbocycles. The normalized spacial score (nSPS) is 51.4. The van der Waals surface area contributed by atoms with E-state index in [2.05, 4.69) is 0 Å². The first-order valence-corrected chi connectivity index (χ1v) is 9.75. The van der Waals surface area contributed by atoms with Crippen LogP contribution in [0, 0.1) is 16.7 Å². The molecule has 7 atom stereocenters. The number of aliphatic hydroxyl groups excluding tert-OH is 2. The van der Waals surface area contributed by atoms with Crippen molar-refractivity contribution >= 4 is 5.97 Å². The van der Waals surface area contributed by atoms with Crippen molar-refractivity contribution in [3.05, 3.63) is 24.2 Å². The summed E-state index contributed by atoms with van der Waals surface area (Å²) in [5.41, 5.74) is -3.92. The fourth-order valence-corrected chi connectivity index (χ4v) is 6.82. The Morgan fingerprint density at radius 1 is 1.33 bits per heavy atom. The minimum atomic E-state index is -1.49. The Labute approximate surface area is 157 Å². The van der Waals surface area contributed by atoms with Crippen molar-refractivity contribution in [2.45, 2.75) is 62.4 Å². The Morgan fingerprint density at radius 2 is 2.15 bits per heavy atom. The van der Waals surface area contributed by atoms with Gasteiger partial charge in [0.15, 0.2) is 0 Å². The first kappa shape index (κ1) is 17.7. The molecule has 5 rings (SSSR count). The minimum absolute atomic E-state index is 0.142. The third-order valence-electron chi connectivity index (χ3n) is 8.26. The van der Waals surface area contributed by atoms with Crippen molar-refractivity contribution < 1.29 is 34.0 Å². The molecule has 0 aromatic carbocycles. The summed E-state index contributed by atoms with van der Waals surface area (Å²) in [5, 5.41) is 33.4. The molecule has 2 spiro atoms. The summed E-state index contributed by atoms with van der Waals surface area (Å²) < 4.78 is 16.7. The molecule has 4 aliphatic rings. The summed E-state index contributed by atoms with van der Waals surface area (Å²) in [6.07, 6.45) is 4.02. The van der Waals surface area contributed by atoms with Gasteiger partial charge in [-0.05, 0) is 37.7 Å². The second kappa shape index (κ2) is 5.35. The number of esters is 1. The summed E-state index contributed by atoms with van der Waals surface area (Å²) >= 11 is 0. The monoisotopic (exact) mass is 378 g/mol. The second-order valence-corrected chi connectivity index (χ2v) is 8.90. The van der Waals surface area contributed by atoms with Gasteiger partial charge in [-0.15, -0.1) is 0 Å². The maximum absolute atomic E-state index is 13.3. The molecule has 2 aliphatic heterocycles. The molecule has 27 heavy (non-hydrogen) atoms. The summed E-state index contributed by atoms with van der Waals surface area (Å²) in [6, 6.07) is 1.77. The van der Waals surface area contributed by atoms with Gasteiger partial charge in [-0.25, -0.2) is 0 Å². The van der Waals surface area contributed by atoms with Crippen LogP contribution in [0.2, 0.25) is 0 Å². The Hall–Kier alpha value is -1.41. The van der Waals surface area contributed by atoms with E-state index in [1.54, 1.807) is 12.3 Å². The molecular weight excluding hydrogens is 352 g/mol. The molecule has 3 N–H and O–H groups in total. The molecule has 1 aromatic rings. The zero-order chi connectivity index (χ0) is 19.1. The van der Waals surface area contributed by atoms with Gasteiger partial charge < -0.3 is 29.2 Å².